The summed E-state index contributed by atoms with van der Waals surface area (Å²) in [5, 5.41) is 2.77. The monoisotopic (exact) mass is 571 g/mol. The molecule has 1 fully saturated rings. The Kier molecular flexibility index (Phi) is 9.39. The van der Waals surface area contributed by atoms with Crippen LogP contribution >= 0.6 is 0 Å². The Hall–Kier alpha value is -3.25. The van der Waals surface area contributed by atoms with Gasteiger partial charge in [0.25, 0.3) is 5.91 Å². The van der Waals surface area contributed by atoms with Crippen LogP contribution in [0.25, 0.3) is 0 Å². The van der Waals surface area contributed by atoms with Gasteiger partial charge in [0.15, 0.2) is 6.61 Å². The third kappa shape index (κ3) is 7.66. The zero-order valence-electron chi connectivity index (χ0n) is 21.7. The number of carbonyl (C=O) groups is 1. The number of rotatable bonds is 12. The molecule has 9 nitrogen and oxygen atoms in total. The van der Waals surface area contributed by atoms with Gasteiger partial charge in [0.1, 0.15) is 5.75 Å². The van der Waals surface area contributed by atoms with E-state index < -0.39 is 26.1 Å². The zero-order chi connectivity index (χ0) is 27.9. The zero-order valence-corrected chi connectivity index (χ0v) is 23.4. The van der Waals surface area contributed by atoms with Crippen molar-refractivity contribution in [3.05, 3.63) is 90.0 Å². The number of hydrogen-bond donors (Lipinski definition) is 2. The summed E-state index contributed by atoms with van der Waals surface area (Å²) in [4.78, 5) is 12.6. The number of ether oxygens (including phenoxy) is 1. The summed E-state index contributed by atoms with van der Waals surface area (Å²) in [6.07, 6.45) is 2.32. The molecule has 208 valence electrons. The van der Waals surface area contributed by atoms with Gasteiger partial charge in [0, 0.05) is 25.7 Å². The van der Waals surface area contributed by atoms with Crippen LogP contribution < -0.4 is 14.8 Å². The van der Waals surface area contributed by atoms with E-state index in [0.29, 0.717) is 31.8 Å². The van der Waals surface area contributed by atoms with Crippen molar-refractivity contribution < 1.29 is 26.4 Å². The number of amides is 1. The predicted molar refractivity (Wildman–Crippen MR) is 148 cm³/mol. The Balaban J connectivity index is 1.21. The molecule has 3 aromatic carbocycles. The molecule has 1 aliphatic rings. The third-order valence-corrected chi connectivity index (χ3v) is 9.97. The van der Waals surface area contributed by atoms with Gasteiger partial charge in [-0.1, -0.05) is 42.5 Å². The molecule has 39 heavy (non-hydrogen) atoms. The van der Waals surface area contributed by atoms with Crippen LogP contribution in [-0.4, -0.2) is 53.3 Å². The SMILES string of the molecule is CC(NS(=O)(=O)c1ccc(OCC(=O)NCCc2ccc(S(=O)(=O)N3CCCC3)cc2)cc1)c1ccccc1. The van der Waals surface area contributed by atoms with Crippen molar-refractivity contribution >= 4 is 26.0 Å². The first-order valence-electron chi connectivity index (χ1n) is 12.8. The summed E-state index contributed by atoms with van der Waals surface area (Å²) in [6, 6.07) is 21.5. The molecule has 0 spiro atoms. The van der Waals surface area contributed by atoms with Gasteiger partial charge in [0.05, 0.1) is 9.79 Å². The molecule has 11 heteroatoms. The highest BCUT2D eigenvalue weighted by atomic mass is 32.2. The molecule has 1 heterocycles. The molecular formula is C28H33N3O6S2. The first kappa shape index (κ1) is 28.8. The van der Waals surface area contributed by atoms with Gasteiger partial charge in [0.2, 0.25) is 20.0 Å². The minimum Gasteiger partial charge on any atom is -0.484 e. The second-order valence-electron chi connectivity index (χ2n) is 9.37. The Bertz CT molecular complexity index is 1450. The van der Waals surface area contributed by atoms with Gasteiger partial charge in [-0.05, 0) is 73.7 Å². The van der Waals surface area contributed by atoms with Gasteiger partial charge >= 0.3 is 0 Å². The van der Waals surface area contributed by atoms with Gasteiger partial charge in [-0.25, -0.2) is 21.6 Å². The van der Waals surface area contributed by atoms with Crippen LogP contribution in [0.4, 0.5) is 0 Å². The summed E-state index contributed by atoms with van der Waals surface area (Å²) < 4.78 is 60.3. The minimum absolute atomic E-state index is 0.0985. The second kappa shape index (κ2) is 12.7. The van der Waals surface area contributed by atoms with Crippen LogP contribution in [-0.2, 0) is 31.3 Å². The van der Waals surface area contributed by atoms with Crippen molar-refractivity contribution in [1.82, 2.24) is 14.3 Å². The Morgan fingerprint density at radius 2 is 1.49 bits per heavy atom. The quantitative estimate of drug-likeness (QED) is 0.344. The number of benzene rings is 3. The molecule has 1 unspecified atom stereocenters. The number of hydrogen-bond acceptors (Lipinski definition) is 6. The summed E-state index contributed by atoms with van der Waals surface area (Å²) >= 11 is 0. The third-order valence-electron chi connectivity index (χ3n) is 6.50. The lowest BCUT2D eigenvalue weighted by molar-refractivity contribution is -0.123. The summed E-state index contributed by atoms with van der Waals surface area (Å²) in [6.45, 7) is 3.04. The number of nitrogens with one attached hydrogen (secondary N) is 2. The molecule has 1 atom stereocenters. The molecule has 1 saturated heterocycles. The highest BCUT2D eigenvalue weighted by Gasteiger charge is 2.26. The lowest BCUT2D eigenvalue weighted by atomic mass is 10.1. The lowest BCUT2D eigenvalue weighted by Gasteiger charge is -2.15. The number of sulfonamides is 2. The maximum absolute atomic E-state index is 12.7. The molecule has 4 rings (SSSR count). The van der Waals surface area contributed by atoms with Gasteiger partial charge in [-0.2, -0.15) is 4.31 Å². The molecular weight excluding hydrogens is 538 g/mol. The summed E-state index contributed by atoms with van der Waals surface area (Å²) in [7, 11) is -7.17. The van der Waals surface area contributed by atoms with E-state index in [1.54, 1.807) is 31.2 Å². The Morgan fingerprint density at radius 3 is 2.13 bits per heavy atom. The smallest absolute Gasteiger partial charge is 0.257 e. The molecule has 1 amide bonds. The predicted octanol–water partition coefficient (Wildman–Crippen LogP) is 3.25. The van der Waals surface area contributed by atoms with Crippen molar-refractivity contribution in [2.75, 3.05) is 26.2 Å². The summed E-state index contributed by atoms with van der Waals surface area (Å²) in [5.74, 6) is 0.0493. The molecule has 0 saturated carbocycles. The van der Waals surface area contributed by atoms with E-state index in [4.69, 9.17) is 4.74 Å². The second-order valence-corrected chi connectivity index (χ2v) is 13.0. The molecule has 0 bridgehead atoms. The van der Waals surface area contributed by atoms with Crippen LogP contribution in [0.15, 0.2) is 88.7 Å². The van der Waals surface area contributed by atoms with E-state index >= 15 is 0 Å². The first-order chi connectivity index (χ1) is 18.6. The maximum atomic E-state index is 12.7. The van der Waals surface area contributed by atoms with Gasteiger partial charge in [-0.3, -0.25) is 4.79 Å². The van der Waals surface area contributed by atoms with Gasteiger partial charge < -0.3 is 10.1 Å². The molecule has 0 aliphatic carbocycles. The van der Waals surface area contributed by atoms with E-state index in [1.165, 1.54) is 28.6 Å². The first-order valence-corrected chi connectivity index (χ1v) is 15.7. The van der Waals surface area contributed by atoms with Gasteiger partial charge in [-0.15, -0.1) is 0 Å². The van der Waals surface area contributed by atoms with Crippen LogP contribution in [0, 0.1) is 0 Å². The van der Waals surface area contributed by atoms with Crippen molar-refractivity contribution in [3.8, 4) is 5.75 Å². The fraction of sp³-hybridized carbons (Fsp3) is 0.321. The molecule has 3 aromatic rings. The van der Waals surface area contributed by atoms with Crippen LogP contribution in [0.1, 0.15) is 36.9 Å². The number of carbonyl (C=O) groups excluding carboxylic acids is 1. The van der Waals surface area contributed by atoms with Crippen molar-refractivity contribution in [1.29, 1.82) is 0 Å². The molecule has 1 aliphatic heterocycles. The molecule has 0 aromatic heterocycles. The fourth-order valence-corrected chi connectivity index (χ4v) is 7.03. The highest BCUT2D eigenvalue weighted by Crippen LogP contribution is 2.22. The van der Waals surface area contributed by atoms with Crippen molar-refractivity contribution in [3.63, 3.8) is 0 Å². The number of nitrogens with zero attached hydrogens (tertiary/aromatic N) is 1. The normalized spacial score (nSPS) is 15.1. The Labute approximate surface area is 230 Å². The van der Waals surface area contributed by atoms with E-state index in [1.807, 2.05) is 30.3 Å². The average molecular weight is 572 g/mol. The standard InChI is InChI=1S/C28H33N3O6S2/c1-22(24-7-3-2-4-8-24)30-38(33,34)26-15-11-25(12-16-26)37-21-28(32)29-18-17-23-9-13-27(14-10-23)39(35,36)31-19-5-6-20-31/h2-4,7-16,22,30H,5-6,17-21H2,1H3,(H,29,32). The largest absolute Gasteiger partial charge is 0.484 e. The highest BCUT2D eigenvalue weighted by molar-refractivity contribution is 7.89. The molecule has 2 N–H and O–H groups in total. The topological polar surface area (TPSA) is 122 Å². The van der Waals surface area contributed by atoms with E-state index in [9.17, 15) is 21.6 Å². The van der Waals surface area contributed by atoms with E-state index in [0.717, 1.165) is 24.0 Å². The summed E-state index contributed by atoms with van der Waals surface area (Å²) in [5.41, 5.74) is 1.76. The van der Waals surface area contributed by atoms with Crippen LogP contribution in [0.5, 0.6) is 5.75 Å². The fourth-order valence-electron chi connectivity index (χ4n) is 4.28. The van der Waals surface area contributed by atoms with Crippen LogP contribution in [0.3, 0.4) is 0 Å². The van der Waals surface area contributed by atoms with E-state index in [2.05, 4.69) is 10.0 Å². The average Bonchev–Trinajstić information content (AvgIpc) is 3.49. The van der Waals surface area contributed by atoms with Crippen LogP contribution in [0.2, 0.25) is 0 Å². The van der Waals surface area contributed by atoms with E-state index in [-0.39, 0.29) is 22.3 Å². The minimum atomic E-state index is -3.73. The maximum Gasteiger partial charge on any atom is 0.257 e. The molecule has 0 radical (unpaired) electrons. The van der Waals surface area contributed by atoms with Crippen molar-refractivity contribution in [2.24, 2.45) is 0 Å². The lowest BCUT2D eigenvalue weighted by Crippen LogP contribution is -2.30. The Morgan fingerprint density at radius 1 is 0.872 bits per heavy atom. The van der Waals surface area contributed by atoms with Crippen molar-refractivity contribution in [2.45, 2.75) is 42.0 Å².